The average molecular weight is 801 g/mol. The lowest BCUT2D eigenvalue weighted by atomic mass is 9.86. The SMILES string of the molecule is CC[C@@]1(O)C(=O)OCc2c1cc1n(c2=O)Cc2cc3cc(-c4ccc5nc6c(c(CC[SH](C)(C)=O)c5c4)Cn4c-6cc5c(c4=O)COC(=O)[C@]5(O)CC)ccc3nc2-1. The molecular weight excluding hydrogens is 761 g/mol. The van der Waals surface area contributed by atoms with Crippen molar-refractivity contribution in [2.45, 2.75) is 70.6 Å². The summed E-state index contributed by atoms with van der Waals surface area (Å²) in [6.07, 6.45) is 4.13. The van der Waals surface area contributed by atoms with E-state index in [1.807, 2.05) is 36.4 Å². The number of benzene rings is 2. The Bertz CT molecular complexity index is 3070. The van der Waals surface area contributed by atoms with E-state index in [0.29, 0.717) is 46.0 Å². The molecule has 0 bridgehead atoms. The van der Waals surface area contributed by atoms with Crippen molar-refractivity contribution in [1.82, 2.24) is 19.1 Å². The molecule has 4 aliphatic rings. The molecule has 0 radical (unpaired) electrons. The fraction of sp³-hybridized carbons (Fsp3) is 0.318. The second-order valence-electron chi connectivity index (χ2n) is 16.3. The predicted molar refractivity (Wildman–Crippen MR) is 218 cm³/mol. The molecule has 0 fully saturated rings. The van der Waals surface area contributed by atoms with E-state index in [4.69, 9.17) is 19.4 Å². The van der Waals surface area contributed by atoms with Gasteiger partial charge in [0.05, 0.1) is 58.0 Å². The minimum absolute atomic E-state index is 0.0436. The molecule has 6 aromatic rings. The molecule has 0 aliphatic carbocycles. The molecule has 14 heteroatoms. The molecule has 0 saturated heterocycles. The van der Waals surface area contributed by atoms with Gasteiger partial charge in [-0.25, -0.2) is 19.6 Å². The van der Waals surface area contributed by atoms with Crippen molar-refractivity contribution in [3.05, 3.63) is 114 Å². The van der Waals surface area contributed by atoms with Crippen molar-refractivity contribution in [2.24, 2.45) is 0 Å². The van der Waals surface area contributed by atoms with Crippen LogP contribution in [-0.2, 0) is 72.9 Å². The number of esters is 2. The maximum Gasteiger partial charge on any atom is 0.343 e. The number of hydrogen-bond donors (Lipinski definition) is 3. The molecule has 58 heavy (non-hydrogen) atoms. The standard InChI is InChI=1S/C44H40N4O9S/c1-5-43(53)31-16-35-37-25(18-47(35)39(49)29(31)20-56-41(43)51)14-24-13-22(7-9-33(24)45-37)23-8-10-34-27(15-23)26(11-12-58(3,4)55)28-19-48-36(38(28)46-34)17-32-30(40(48)50)21-57-42(52)44(32,54)6-2/h7-10,13-17,53-54,58H,5-6,11-12,18-21H2,1-4H3/t43-,44-/m0/s1. The van der Waals surface area contributed by atoms with Gasteiger partial charge in [-0.05, 0) is 90.9 Å². The van der Waals surface area contributed by atoms with Gasteiger partial charge in [0.1, 0.15) is 13.2 Å². The zero-order valence-corrected chi connectivity index (χ0v) is 33.2. The Morgan fingerprint density at radius 2 is 1.26 bits per heavy atom. The molecule has 2 atom stereocenters. The summed E-state index contributed by atoms with van der Waals surface area (Å²) < 4.78 is 26.8. The molecule has 0 spiro atoms. The van der Waals surface area contributed by atoms with Crippen LogP contribution < -0.4 is 11.1 Å². The quantitative estimate of drug-likeness (QED) is 0.164. The van der Waals surface area contributed by atoms with Crippen molar-refractivity contribution in [3.63, 3.8) is 0 Å². The first-order chi connectivity index (χ1) is 27.6. The van der Waals surface area contributed by atoms with Gasteiger partial charge in [0.2, 0.25) is 0 Å². The van der Waals surface area contributed by atoms with E-state index in [-0.39, 0.29) is 72.5 Å². The number of aliphatic hydroxyl groups is 2. The predicted octanol–water partition coefficient (Wildman–Crippen LogP) is 3.96. The highest BCUT2D eigenvalue weighted by Gasteiger charge is 2.47. The number of aromatic nitrogens is 4. The van der Waals surface area contributed by atoms with E-state index >= 15 is 0 Å². The highest BCUT2D eigenvalue weighted by Crippen LogP contribution is 2.42. The number of pyridine rings is 4. The van der Waals surface area contributed by atoms with Crippen LogP contribution >= 0.6 is 0 Å². The molecule has 8 heterocycles. The van der Waals surface area contributed by atoms with Crippen LogP contribution in [0, 0.1) is 0 Å². The van der Waals surface area contributed by atoms with Crippen molar-refractivity contribution in [3.8, 4) is 33.9 Å². The fourth-order valence-electron chi connectivity index (χ4n) is 9.17. The first kappa shape index (κ1) is 36.5. The van der Waals surface area contributed by atoms with Gasteiger partial charge in [-0.3, -0.25) is 13.8 Å². The van der Waals surface area contributed by atoms with Gasteiger partial charge in [0, 0.05) is 38.8 Å². The van der Waals surface area contributed by atoms with E-state index in [9.17, 15) is 33.6 Å². The smallest absolute Gasteiger partial charge is 0.343 e. The largest absolute Gasteiger partial charge is 0.458 e. The van der Waals surface area contributed by atoms with Gasteiger partial charge in [0.25, 0.3) is 11.1 Å². The van der Waals surface area contributed by atoms with Crippen LogP contribution in [0.2, 0.25) is 0 Å². The van der Waals surface area contributed by atoms with Crippen molar-refractivity contribution in [2.75, 3.05) is 18.3 Å². The van der Waals surface area contributed by atoms with Crippen molar-refractivity contribution in [1.29, 1.82) is 0 Å². The normalized spacial score (nSPS) is 20.5. The van der Waals surface area contributed by atoms with Gasteiger partial charge in [-0.2, -0.15) is 0 Å². The lowest BCUT2D eigenvalue weighted by Crippen LogP contribution is -2.44. The lowest BCUT2D eigenvalue weighted by Gasteiger charge is -2.31. The minimum atomic E-state index is -2.45. The molecule has 0 amide bonds. The Hall–Kier alpha value is -5.83. The van der Waals surface area contributed by atoms with Crippen LogP contribution in [0.5, 0.6) is 0 Å². The number of carbonyl (C=O) groups excluding carboxylic acids is 2. The monoisotopic (exact) mass is 800 g/mol. The maximum atomic E-state index is 14.0. The highest BCUT2D eigenvalue weighted by atomic mass is 32.2. The average Bonchev–Trinajstić information content (AvgIpc) is 3.76. The van der Waals surface area contributed by atoms with Crippen LogP contribution in [0.3, 0.4) is 0 Å². The zero-order chi connectivity index (χ0) is 40.6. The Morgan fingerprint density at radius 3 is 1.86 bits per heavy atom. The number of nitrogens with zero attached hydrogens (tertiary/aromatic N) is 4. The van der Waals surface area contributed by atoms with Crippen LogP contribution in [0.15, 0.2) is 64.2 Å². The Kier molecular flexibility index (Phi) is 7.77. The number of fused-ring (bicyclic) bond motifs is 10. The Labute approximate surface area is 332 Å². The fourth-order valence-corrected chi connectivity index (χ4v) is 9.94. The van der Waals surface area contributed by atoms with Gasteiger partial charge >= 0.3 is 11.9 Å². The summed E-state index contributed by atoms with van der Waals surface area (Å²) in [7, 11) is -2.45. The highest BCUT2D eigenvalue weighted by molar-refractivity contribution is 8.01. The summed E-state index contributed by atoms with van der Waals surface area (Å²) in [5.74, 6) is -1.09. The number of aryl methyl sites for hydroxylation is 1. The second-order valence-corrected chi connectivity index (χ2v) is 19.9. The molecule has 0 saturated carbocycles. The van der Waals surface area contributed by atoms with Crippen LogP contribution in [-0.4, -0.2) is 63.7 Å². The Balaban J connectivity index is 1.08. The van der Waals surface area contributed by atoms with Gasteiger partial charge < -0.3 is 28.8 Å². The summed E-state index contributed by atoms with van der Waals surface area (Å²) in [5, 5.41) is 24.3. The summed E-state index contributed by atoms with van der Waals surface area (Å²) in [5.41, 5.74) is 4.69. The van der Waals surface area contributed by atoms with Crippen LogP contribution in [0.25, 0.3) is 55.7 Å². The number of carbonyl (C=O) groups is 2. The maximum absolute atomic E-state index is 14.0. The minimum Gasteiger partial charge on any atom is -0.458 e. The number of hydrogen-bond acceptors (Lipinski definition) is 11. The molecule has 4 aliphatic heterocycles. The summed E-state index contributed by atoms with van der Waals surface area (Å²) in [6, 6.07) is 17.4. The second kappa shape index (κ2) is 12.3. The van der Waals surface area contributed by atoms with Crippen molar-refractivity contribution >= 4 is 43.7 Å². The van der Waals surface area contributed by atoms with Crippen LogP contribution in [0.4, 0.5) is 0 Å². The molecule has 2 N–H and O–H groups in total. The first-order valence-corrected chi connectivity index (χ1v) is 22.2. The molecule has 10 rings (SSSR count). The third kappa shape index (κ3) is 5.10. The third-order valence-electron chi connectivity index (χ3n) is 12.5. The van der Waals surface area contributed by atoms with E-state index in [0.717, 1.165) is 38.6 Å². The number of ether oxygens (including phenoxy) is 2. The van der Waals surface area contributed by atoms with Gasteiger partial charge in [-0.1, -0.05) is 26.0 Å². The summed E-state index contributed by atoms with van der Waals surface area (Å²) in [4.78, 5) is 63.0. The van der Waals surface area contributed by atoms with Gasteiger partial charge in [0.15, 0.2) is 11.2 Å². The number of thiol groups is 1. The molecule has 2 aromatic carbocycles. The topological polar surface area (TPSA) is 180 Å². The van der Waals surface area contributed by atoms with E-state index in [1.165, 1.54) is 0 Å². The molecule has 296 valence electrons. The summed E-state index contributed by atoms with van der Waals surface area (Å²) >= 11 is 0. The number of rotatable bonds is 6. The molecule has 4 aromatic heterocycles. The van der Waals surface area contributed by atoms with E-state index in [1.54, 1.807) is 47.6 Å². The molecule has 13 nitrogen and oxygen atoms in total. The van der Waals surface area contributed by atoms with Crippen molar-refractivity contribution < 1.29 is 33.5 Å². The lowest BCUT2D eigenvalue weighted by molar-refractivity contribution is -0.172. The molecule has 0 unspecified atom stereocenters. The van der Waals surface area contributed by atoms with E-state index < -0.39 is 33.1 Å². The van der Waals surface area contributed by atoms with E-state index in [2.05, 4.69) is 6.07 Å². The number of cyclic esters (lactones) is 2. The Morgan fingerprint density at radius 1 is 0.707 bits per heavy atom. The third-order valence-corrected chi connectivity index (χ3v) is 13.8. The first-order valence-electron chi connectivity index (χ1n) is 19.4. The molecular formula is C44H40N4O9S. The summed E-state index contributed by atoms with van der Waals surface area (Å²) in [6.45, 7) is 3.45. The van der Waals surface area contributed by atoms with Crippen LogP contribution in [0.1, 0.15) is 65.6 Å². The zero-order valence-electron chi connectivity index (χ0n) is 32.3. The van der Waals surface area contributed by atoms with Gasteiger partial charge in [-0.15, -0.1) is 9.93 Å².